The summed E-state index contributed by atoms with van der Waals surface area (Å²) in [6, 6.07) is 7.88. The third-order valence-corrected chi connectivity index (χ3v) is 3.82. The summed E-state index contributed by atoms with van der Waals surface area (Å²) in [7, 11) is 0. The van der Waals surface area contributed by atoms with Gasteiger partial charge in [-0.05, 0) is 36.0 Å². The Bertz CT molecular complexity index is 464. The lowest BCUT2D eigenvalue weighted by Gasteiger charge is -2.38. The molecule has 0 radical (unpaired) electrons. The van der Waals surface area contributed by atoms with Crippen LogP contribution in [0, 0.1) is 16.7 Å². The fraction of sp³-hybridized carbons (Fsp3) is 0.533. The van der Waals surface area contributed by atoms with Gasteiger partial charge in [-0.25, -0.2) is 0 Å². The van der Waals surface area contributed by atoms with Crippen LogP contribution >= 0.6 is 0 Å². The number of nitrogens with zero attached hydrogens (tertiary/aromatic N) is 2. The molecule has 0 aromatic heterocycles. The molecule has 0 amide bonds. The summed E-state index contributed by atoms with van der Waals surface area (Å²) < 4.78 is 0. The maximum Gasteiger partial charge on any atom is 0.101 e. The lowest BCUT2D eigenvalue weighted by atomic mass is 9.82. The van der Waals surface area contributed by atoms with Crippen LogP contribution in [0.15, 0.2) is 18.2 Å². The van der Waals surface area contributed by atoms with Crippen LogP contribution in [0.5, 0.6) is 0 Å². The van der Waals surface area contributed by atoms with E-state index in [1.54, 1.807) is 6.07 Å². The van der Waals surface area contributed by atoms with Crippen LogP contribution in [0.3, 0.4) is 0 Å². The van der Waals surface area contributed by atoms with E-state index in [9.17, 15) is 5.26 Å². The first kappa shape index (κ1) is 12.9. The van der Waals surface area contributed by atoms with Gasteiger partial charge in [0, 0.05) is 13.1 Å². The van der Waals surface area contributed by atoms with Gasteiger partial charge in [0.25, 0.3) is 0 Å². The third-order valence-electron chi connectivity index (χ3n) is 3.82. The average Bonchev–Trinajstić information content (AvgIpc) is 2.38. The van der Waals surface area contributed by atoms with Crippen molar-refractivity contribution in [1.82, 2.24) is 0 Å². The summed E-state index contributed by atoms with van der Waals surface area (Å²) in [6.45, 7) is 6.58. The van der Waals surface area contributed by atoms with Crippen LogP contribution < -0.4 is 4.90 Å². The van der Waals surface area contributed by atoms with Crippen LogP contribution in [-0.4, -0.2) is 18.2 Å². The van der Waals surface area contributed by atoms with Gasteiger partial charge in [-0.15, -0.1) is 0 Å². The molecule has 1 aliphatic rings. The van der Waals surface area contributed by atoms with Gasteiger partial charge in [-0.3, -0.25) is 0 Å². The number of aliphatic hydroxyl groups excluding tert-OH is 1. The van der Waals surface area contributed by atoms with Crippen LogP contribution in [-0.2, 0) is 6.61 Å². The molecule has 1 aromatic rings. The van der Waals surface area contributed by atoms with Gasteiger partial charge >= 0.3 is 0 Å². The van der Waals surface area contributed by atoms with E-state index in [4.69, 9.17) is 5.11 Å². The Labute approximate surface area is 109 Å². The van der Waals surface area contributed by atoms with Gasteiger partial charge < -0.3 is 10.0 Å². The first-order chi connectivity index (χ1) is 8.55. The number of nitriles is 1. The minimum atomic E-state index is -0.0119. The summed E-state index contributed by atoms with van der Waals surface area (Å²) in [5, 5.41) is 18.3. The zero-order valence-corrected chi connectivity index (χ0v) is 11.1. The lowest BCUT2D eigenvalue weighted by Crippen LogP contribution is -2.37. The number of aliphatic hydroxyl groups is 1. The fourth-order valence-corrected chi connectivity index (χ4v) is 2.40. The monoisotopic (exact) mass is 244 g/mol. The number of hydrogen-bond donors (Lipinski definition) is 1. The molecule has 0 saturated carbocycles. The molecule has 0 unspecified atom stereocenters. The molecule has 0 atom stereocenters. The van der Waals surface area contributed by atoms with Crippen molar-refractivity contribution in [2.75, 3.05) is 18.0 Å². The highest BCUT2D eigenvalue weighted by Crippen LogP contribution is 2.33. The predicted molar refractivity (Wildman–Crippen MR) is 72.3 cm³/mol. The number of anilines is 1. The molecule has 1 saturated heterocycles. The fourth-order valence-electron chi connectivity index (χ4n) is 2.40. The average molecular weight is 244 g/mol. The van der Waals surface area contributed by atoms with Crippen molar-refractivity contribution in [1.29, 1.82) is 5.26 Å². The summed E-state index contributed by atoms with van der Waals surface area (Å²) in [6.07, 6.45) is 2.30. The molecule has 0 bridgehead atoms. The van der Waals surface area contributed by atoms with Crippen LogP contribution in [0.1, 0.15) is 37.8 Å². The molecule has 1 aromatic carbocycles. The van der Waals surface area contributed by atoms with E-state index in [2.05, 4.69) is 24.8 Å². The molecule has 1 aliphatic heterocycles. The quantitative estimate of drug-likeness (QED) is 0.870. The zero-order chi connectivity index (χ0) is 13.2. The van der Waals surface area contributed by atoms with Crippen molar-refractivity contribution in [3.05, 3.63) is 29.3 Å². The molecule has 0 spiro atoms. The molecular formula is C15H20N2O. The Balaban J connectivity index is 2.22. The molecule has 2 rings (SSSR count). The first-order valence-electron chi connectivity index (χ1n) is 6.44. The van der Waals surface area contributed by atoms with Crippen LogP contribution in [0.4, 0.5) is 5.69 Å². The third kappa shape index (κ3) is 2.65. The summed E-state index contributed by atoms with van der Waals surface area (Å²) in [4.78, 5) is 2.28. The SMILES string of the molecule is CC1(C)CCN(c2ccc(CO)cc2C#N)CC1. The second kappa shape index (κ2) is 4.99. The summed E-state index contributed by atoms with van der Waals surface area (Å²) >= 11 is 0. The Morgan fingerprint density at radius 3 is 2.56 bits per heavy atom. The Kier molecular flexibility index (Phi) is 3.58. The maximum absolute atomic E-state index is 9.21. The van der Waals surface area contributed by atoms with Crippen molar-refractivity contribution < 1.29 is 5.11 Å². The number of rotatable bonds is 2. The molecule has 18 heavy (non-hydrogen) atoms. The van der Waals surface area contributed by atoms with Crippen molar-refractivity contribution in [2.24, 2.45) is 5.41 Å². The molecule has 3 nitrogen and oxygen atoms in total. The van der Waals surface area contributed by atoms with E-state index >= 15 is 0 Å². The molecule has 1 fully saturated rings. The molecule has 0 aliphatic carbocycles. The summed E-state index contributed by atoms with van der Waals surface area (Å²) in [5.41, 5.74) is 2.88. The highest BCUT2D eigenvalue weighted by atomic mass is 16.3. The van der Waals surface area contributed by atoms with Gasteiger partial charge in [0.05, 0.1) is 17.9 Å². The van der Waals surface area contributed by atoms with Gasteiger partial charge in [0.1, 0.15) is 6.07 Å². The largest absolute Gasteiger partial charge is 0.392 e. The smallest absolute Gasteiger partial charge is 0.101 e. The minimum Gasteiger partial charge on any atom is -0.392 e. The molecule has 3 heteroatoms. The van der Waals surface area contributed by atoms with Crippen molar-refractivity contribution in [3.8, 4) is 6.07 Å². The van der Waals surface area contributed by atoms with Crippen LogP contribution in [0.2, 0.25) is 0 Å². The Morgan fingerprint density at radius 1 is 1.33 bits per heavy atom. The summed E-state index contributed by atoms with van der Waals surface area (Å²) in [5.74, 6) is 0. The van der Waals surface area contributed by atoms with E-state index in [0.29, 0.717) is 11.0 Å². The second-order valence-electron chi connectivity index (χ2n) is 5.77. The van der Waals surface area contributed by atoms with E-state index in [-0.39, 0.29) is 6.61 Å². The first-order valence-corrected chi connectivity index (χ1v) is 6.44. The molecule has 96 valence electrons. The predicted octanol–water partition coefficient (Wildman–Crippen LogP) is 2.68. The highest BCUT2D eigenvalue weighted by molar-refractivity contribution is 5.60. The molecular weight excluding hydrogens is 224 g/mol. The zero-order valence-electron chi connectivity index (χ0n) is 11.1. The molecule has 1 N–H and O–H groups in total. The Hall–Kier alpha value is -1.53. The number of piperidine rings is 1. The van der Waals surface area contributed by atoms with Gasteiger partial charge in [-0.1, -0.05) is 19.9 Å². The van der Waals surface area contributed by atoms with Crippen molar-refractivity contribution in [3.63, 3.8) is 0 Å². The van der Waals surface area contributed by atoms with E-state index in [1.807, 2.05) is 12.1 Å². The maximum atomic E-state index is 9.21. The number of hydrogen-bond acceptors (Lipinski definition) is 3. The lowest BCUT2D eigenvalue weighted by molar-refractivity contribution is 0.279. The topological polar surface area (TPSA) is 47.3 Å². The normalized spacial score (nSPS) is 18.4. The van der Waals surface area contributed by atoms with E-state index in [0.717, 1.165) is 37.2 Å². The van der Waals surface area contributed by atoms with Gasteiger partial charge in [0.15, 0.2) is 0 Å². The number of benzene rings is 1. The van der Waals surface area contributed by atoms with Crippen molar-refractivity contribution >= 4 is 5.69 Å². The van der Waals surface area contributed by atoms with Crippen LogP contribution in [0.25, 0.3) is 0 Å². The minimum absolute atomic E-state index is 0.0119. The highest BCUT2D eigenvalue weighted by Gasteiger charge is 2.26. The standard InChI is InChI=1S/C15H20N2O/c1-15(2)5-7-17(8-6-15)14-4-3-12(11-18)9-13(14)10-16/h3-4,9,18H,5-8,11H2,1-2H3. The van der Waals surface area contributed by atoms with E-state index < -0.39 is 0 Å². The Morgan fingerprint density at radius 2 is 2.00 bits per heavy atom. The van der Waals surface area contributed by atoms with Gasteiger partial charge in [0.2, 0.25) is 0 Å². The van der Waals surface area contributed by atoms with E-state index in [1.165, 1.54) is 0 Å². The van der Waals surface area contributed by atoms with Crippen molar-refractivity contribution in [2.45, 2.75) is 33.3 Å². The molecule has 1 heterocycles. The van der Waals surface area contributed by atoms with Gasteiger partial charge in [-0.2, -0.15) is 5.26 Å². The second-order valence-corrected chi connectivity index (χ2v) is 5.77.